The van der Waals surface area contributed by atoms with Gasteiger partial charge in [0.1, 0.15) is 11.6 Å². The predicted molar refractivity (Wildman–Crippen MR) is 101 cm³/mol. The Labute approximate surface area is 160 Å². The topological polar surface area (TPSA) is 93.1 Å². The highest BCUT2D eigenvalue weighted by molar-refractivity contribution is 5.87. The monoisotopic (exact) mass is 379 g/mol. The fraction of sp³-hybridized carbons (Fsp3) is 0.550. The van der Waals surface area contributed by atoms with E-state index in [0.717, 1.165) is 0 Å². The number of carboxylic acids is 1. The third-order valence-electron chi connectivity index (χ3n) is 4.29. The summed E-state index contributed by atoms with van der Waals surface area (Å²) in [6.07, 6.45) is 6.29. The lowest BCUT2D eigenvalue weighted by atomic mass is 9.76. The lowest BCUT2D eigenvalue weighted by Crippen LogP contribution is -2.53. The second kappa shape index (κ2) is 8.41. The number of rotatable bonds is 5. The summed E-state index contributed by atoms with van der Waals surface area (Å²) >= 11 is 0. The molecule has 1 N–H and O–H groups in total. The molecule has 0 fully saturated rings. The molecule has 1 aliphatic rings. The Kier molecular flexibility index (Phi) is 7.00. The number of aliphatic carboxylic acids is 1. The molecule has 0 aromatic rings. The Bertz CT molecular complexity index is 694. The van der Waals surface area contributed by atoms with Crippen molar-refractivity contribution >= 4 is 18.0 Å². The van der Waals surface area contributed by atoms with Crippen molar-refractivity contribution in [2.24, 2.45) is 5.41 Å². The van der Waals surface area contributed by atoms with Crippen molar-refractivity contribution in [3.63, 3.8) is 0 Å². The van der Waals surface area contributed by atoms with Crippen LogP contribution in [0.4, 0.5) is 4.79 Å². The summed E-state index contributed by atoms with van der Waals surface area (Å²) in [6.45, 7) is 8.82. The van der Waals surface area contributed by atoms with Crippen LogP contribution in [0.25, 0.3) is 0 Å². The fourth-order valence-electron chi connectivity index (χ4n) is 2.86. The molecule has 0 aliphatic heterocycles. The van der Waals surface area contributed by atoms with E-state index < -0.39 is 35.1 Å². The van der Waals surface area contributed by atoms with Crippen LogP contribution in [0.2, 0.25) is 0 Å². The molecule has 0 saturated carbocycles. The number of hydrogen-bond acceptors (Lipinski definition) is 5. The quantitative estimate of drug-likeness (QED) is 0.737. The van der Waals surface area contributed by atoms with Crippen molar-refractivity contribution in [3.8, 4) is 0 Å². The molecule has 7 nitrogen and oxygen atoms in total. The van der Waals surface area contributed by atoms with Gasteiger partial charge in [0.2, 0.25) is 0 Å². The van der Waals surface area contributed by atoms with Gasteiger partial charge in [0.25, 0.3) is 0 Å². The molecule has 0 saturated heterocycles. The van der Waals surface area contributed by atoms with Gasteiger partial charge in [0.05, 0.1) is 7.11 Å². The van der Waals surface area contributed by atoms with E-state index in [9.17, 15) is 19.5 Å². The number of esters is 1. The molecular formula is C20H29NO6. The number of allylic oxidation sites excluding steroid dienone is 4. The molecule has 1 atom stereocenters. The van der Waals surface area contributed by atoms with Crippen molar-refractivity contribution < 1.29 is 29.0 Å². The Morgan fingerprint density at radius 3 is 2.22 bits per heavy atom. The molecule has 1 aliphatic carbocycles. The second-order valence-corrected chi connectivity index (χ2v) is 7.96. The molecule has 0 radical (unpaired) electrons. The highest BCUT2D eigenvalue weighted by atomic mass is 16.6. The maximum Gasteiger partial charge on any atom is 0.410 e. The van der Waals surface area contributed by atoms with Crippen LogP contribution < -0.4 is 0 Å². The number of carbonyl (C=O) groups is 3. The number of carboxylic acid groups (broad SMARTS) is 1. The molecule has 7 heteroatoms. The van der Waals surface area contributed by atoms with Gasteiger partial charge in [0, 0.05) is 18.0 Å². The van der Waals surface area contributed by atoms with Crippen molar-refractivity contribution in [1.29, 1.82) is 0 Å². The molecule has 1 amide bonds. The number of hydrogen-bond donors (Lipinski definition) is 1. The Hall–Kier alpha value is -2.57. The van der Waals surface area contributed by atoms with Crippen molar-refractivity contribution in [3.05, 3.63) is 35.5 Å². The zero-order chi connectivity index (χ0) is 21.0. The van der Waals surface area contributed by atoms with Gasteiger partial charge >= 0.3 is 18.0 Å². The molecule has 1 unspecified atom stereocenters. The summed E-state index contributed by atoms with van der Waals surface area (Å²) in [6, 6.07) is -0.965. The molecule has 1 rings (SSSR count). The Balaban J connectivity index is 3.31. The van der Waals surface area contributed by atoms with Crippen LogP contribution in [0.3, 0.4) is 0 Å². The van der Waals surface area contributed by atoms with Crippen LogP contribution in [0, 0.1) is 5.41 Å². The van der Waals surface area contributed by atoms with E-state index in [0.29, 0.717) is 5.57 Å². The van der Waals surface area contributed by atoms with Crippen LogP contribution in [0.1, 0.15) is 41.0 Å². The first kappa shape index (κ1) is 22.5. The summed E-state index contributed by atoms with van der Waals surface area (Å²) in [5.74, 6) is -1.58. The fourth-order valence-corrected chi connectivity index (χ4v) is 2.86. The minimum atomic E-state index is -0.995. The standard InChI is InChI=1S/C20H29NO6/c1-19(2,3)27-18(25)21(6)15(17(24)26-7)20(4,5)14-10-8-9-13(11-12-14)16(22)23/h8,10-12,15H,9H2,1-7H3,(H,22,23). The van der Waals surface area contributed by atoms with E-state index >= 15 is 0 Å². The van der Waals surface area contributed by atoms with Crippen LogP contribution in [-0.4, -0.2) is 53.8 Å². The summed E-state index contributed by atoms with van der Waals surface area (Å²) in [4.78, 5) is 37.5. The first-order valence-corrected chi connectivity index (χ1v) is 8.66. The van der Waals surface area contributed by atoms with Crippen molar-refractivity contribution in [2.45, 2.75) is 52.7 Å². The van der Waals surface area contributed by atoms with Gasteiger partial charge < -0.3 is 14.6 Å². The van der Waals surface area contributed by atoms with Crippen LogP contribution in [0.5, 0.6) is 0 Å². The third kappa shape index (κ3) is 5.70. The summed E-state index contributed by atoms with van der Waals surface area (Å²) in [5, 5.41) is 9.18. The maximum atomic E-state index is 12.5. The average molecular weight is 379 g/mol. The van der Waals surface area contributed by atoms with Gasteiger partial charge in [-0.05, 0) is 32.8 Å². The van der Waals surface area contributed by atoms with E-state index in [1.165, 1.54) is 25.1 Å². The van der Waals surface area contributed by atoms with Gasteiger partial charge in [-0.3, -0.25) is 4.90 Å². The van der Waals surface area contributed by atoms with Crippen LogP contribution >= 0.6 is 0 Å². The summed E-state index contributed by atoms with van der Waals surface area (Å²) < 4.78 is 10.3. The Morgan fingerprint density at radius 1 is 1.15 bits per heavy atom. The SMILES string of the molecule is COC(=O)C(N(C)C(=O)OC(C)(C)C)C(C)(C)C1=CC=C(C(=O)O)CC=C1. The molecule has 0 bridgehead atoms. The number of methoxy groups -OCH3 is 1. The molecule has 27 heavy (non-hydrogen) atoms. The van der Waals surface area contributed by atoms with Crippen LogP contribution in [-0.2, 0) is 19.1 Å². The number of ether oxygens (including phenoxy) is 2. The summed E-state index contributed by atoms with van der Waals surface area (Å²) in [5.41, 5.74) is -0.632. The maximum absolute atomic E-state index is 12.5. The smallest absolute Gasteiger partial charge is 0.410 e. The molecule has 150 valence electrons. The largest absolute Gasteiger partial charge is 0.478 e. The predicted octanol–water partition coefficient (Wildman–Crippen LogP) is 3.32. The zero-order valence-corrected chi connectivity index (χ0v) is 17.0. The average Bonchev–Trinajstić information content (AvgIpc) is 2.79. The van der Waals surface area contributed by atoms with Gasteiger partial charge in [0.15, 0.2) is 0 Å². The number of amides is 1. The number of carbonyl (C=O) groups excluding carboxylic acids is 2. The normalized spacial score (nSPS) is 15.8. The van der Waals surface area contributed by atoms with Gasteiger partial charge in [-0.2, -0.15) is 0 Å². The van der Waals surface area contributed by atoms with E-state index in [4.69, 9.17) is 9.47 Å². The minimum absolute atomic E-state index is 0.243. The van der Waals surface area contributed by atoms with E-state index in [2.05, 4.69) is 0 Å². The second-order valence-electron chi connectivity index (χ2n) is 7.96. The first-order chi connectivity index (χ1) is 12.3. The number of likely N-dealkylation sites (N-methyl/N-ethyl adjacent to an activating group) is 1. The Morgan fingerprint density at radius 2 is 1.74 bits per heavy atom. The first-order valence-electron chi connectivity index (χ1n) is 8.66. The van der Waals surface area contributed by atoms with E-state index in [-0.39, 0.29) is 12.0 Å². The lowest BCUT2D eigenvalue weighted by Gasteiger charge is -2.39. The third-order valence-corrected chi connectivity index (χ3v) is 4.29. The highest BCUT2D eigenvalue weighted by Crippen LogP contribution is 2.36. The molecular weight excluding hydrogens is 350 g/mol. The number of nitrogens with zero attached hydrogens (tertiary/aromatic N) is 1. The van der Waals surface area contributed by atoms with Crippen molar-refractivity contribution in [1.82, 2.24) is 4.90 Å². The molecule has 0 aromatic carbocycles. The van der Waals surface area contributed by atoms with Crippen LogP contribution in [0.15, 0.2) is 35.5 Å². The van der Waals surface area contributed by atoms with Gasteiger partial charge in [-0.15, -0.1) is 0 Å². The zero-order valence-electron chi connectivity index (χ0n) is 17.0. The van der Waals surface area contributed by atoms with Gasteiger partial charge in [-0.1, -0.05) is 38.2 Å². The highest BCUT2D eigenvalue weighted by Gasteiger charge is 2.44. The molecule has 0 aromatic heterocycles. The van der Waals surface area contributed by atoms with Crippen molar-refractivity contribution in [2.75, 3.05) is 14.2 Å². The van der Waals surface area contributed by atoms with E-state index in [1.54, 1.807) is 52.8 Å². The lowest BCUT2D eigenvalue weighted by molar-refractivity contribution is -0.149. The molecule has 0 heterocycles. The van der Waals surface area contributed by atoms with Gasteiger partial charge in [-0.25, -0.2) is 14.4 Å². The van der Waals surface area contributed by atoms with E-state index in [1.807, 2.05) is 0 Å². The summed E-state index contributed by atoms with van der Waals surface area (Å²) in [7, 11) is 2.74. The minimum Gasteiger partial charge on any atom is -0.478 e. The molecule has 0 spiro atoms.